The van der Waals surface area contributed by atoms with Gasteiger partial charge in [-0.05, 0) is 6.08 Å². The number of allylic oxidation sites excluding steroid dienone is 2. The molecule has 0 saturated carbocycles. The topological polar surface area (TPSA) is 17.1 Å². The summed E-state index contributed by atoms with van der Waals surface area (Å²) in [5.74, 6) is 0. The molecule has 0 aromatic heterocycles. The first kappa shape index (κ1) is 7.47. The molecule has 0 heterocycles. The van der Waals surface area contributed by atoms with Gasteiger partial charge in [0, 0.05) is 0 Å². The number of carbonyl (C=O) groups excluding carboxylic acids is 1. The SMILES string of the molecule is [B]C(C)(C)/C=C/C=O. The minimum atomic E-state index is -0.360. The second-order valence-corrected chi connectivity index (χ2v) is 2.32. The third-order valence-electron chi connectivity index (χ3n) is 0.604. The number of hydrogen-bond donors (Lipinski definition) is 0. The molecule has 0 aliphatic heterocycles. The molecule has 0 amide bonds. The minimum absolute atomic E-state index is 0.360. The average Bonchev–Trinajstić information content (AvgIpc) is 1.59. The van der Waals surface area contributed by atoms with Crippen molar-refractivity contribution in [3.05, 3.63) is 12.2 Å². The molecular weight excluding hydrogens is 98.9 g/mol. The first-order chi connectivity index (χ1) is 3.56. The molecule has 0 N–H and O–H groups in total. The molecule has 0 fully saturated rings. The lowest BCUT2D eigenvalue weighted by Gasteiger charge is -2.09. The zero-order valence-corrected chi connectivity index (χ0v) is 5.22. The zero-order valence-electron chi connectivity index (χ0n) is 5.22. The predicted molar refractivity (Wildman–Crippen MR) is 35.0 cm³/mol. The van der Waals surface area contributed by atoms with Gasteiger partial charge < -0.3 is 0 Å². The van der Waals surface area contributed by atoms with Gasteiger partial charge in [0.1, 0.15) is 6.29 Å². The van der Waals surface area contributed by atoms with Crippen molar-refractivity contribution in [2.45, 2.75) is 19.2 Å². The van der Waals surface area contributed by atoms with Crippen LogP contribution in [0.5, 0.6) is 0 Å². The van der Waals surface area contributed by atoms with Crippen molar-refractivity contribution in [2.24, 2.45) is 0 Å². The van der Waals surface area contributed by atoms with E-state index in [2.05, 4.69) is 0 Å². The zero-order chi connectivity index (χ0) is 6.62. The molecule has 1 nitrogen and oxygen atoms in total. The number of rotatable bonds is 2. The fourth-order valence-corrected chi connectivity index (χ4v) is 0.287. The van der Waals surface area contributed by atoms with Gasteiger partial charge in [0.05, 0.1) is 7.85 Å². The highest BCUT2D eigenvalue weighted by atomic mass is 16.1. The van der Waals surface area contributed by atoms with E-state index in [0.717, 1.165) is 0 Å². The van der Waals surface area contributed by atoms with Crippen LogP contribution in [0.3, 0.4) is 0 Å². The van der Waals surface area contributed by atoms with Crippen LogP contribution < -0.4 is 0 Å². The summed E-state index contributed by atoms with van der Waals surface area (Å²) in [4.78, 5) is 9.71. The lowest BCUT2D eigenvalue weighted by Crippen LogP contribution is -1.95. The van der Waals surface area contributed by atoms with Crippen LogP contribution in [0.4, 0.5) is 0 Å². The summed E-state index contributed by atoms with van der Waals surface area (Å²) in [5.41, 5.74) is 0. The van der Waals surface area contributed by atoms with Crippen LogP contribution in [0.2, 0.25) is 5.31 Å². The maximum Gasteiger partial charge on any atom is 0.142 e. The maximum atomic E-state index is 9.71. The summed E-state index contributed by atoms with van der Waals surface area (Å²) in [6.07, 6.45) is 3.77. The number of carbonyl (C=O) groups is 1. The molecule has 42 valence electrons. The van der Waals surface area contributed by atoms with E-state index < -0.39 is 0 Å². The Morgan fingerprint density at radius 3 is 2.12 bits per heavy atom. The van der Waals surface area contributed by atoms with Crippen molar-refractivity contribution in [1.82, 2.24) is 0 Å². The monoisotopic (exact) mass is 108 g/mol. The molecule has 0 saturated heterocycles. The van der Waals surface area contributed by atoms with Crippen LogP contribution in [0.1, 0.15) is 13.8 Å². The van der Waals surface area contributed by atoms with Gasteiger partial charge in [-0.15, -0.1) is 0 Å². The van der Waals surface area contributed by atoms with E-state index in [1.54, 1.807) is 6.08 Å². The average molecular weight is 108 g/mol. The van der Waals surface area contributed by atoms with Gasteiger partial charge in [0.15, 0.2) is 0 Å². The van der Waals surface area contributed by atoms with Gasteiger partial charge in [0.25, 0.3) is 0 Å². The van der Waals surface area contributed by atoms with E-state index in [1.165, 1.54) is 6.08 Å². The van der Waals surface area contributed by atoms with E-state index in [1.807, 2.05) is 13.8 Å². The molecule has 2 radical (unpaired) electrons. The summed E-state index contributed by atoms with van der Waals surface area (Å²) >= 11 is 0. The molecule has 0 aliphatic carbocycles. The Balaban J connectivity index is 3.69. The molecule has 0 unspecified atom stereocenters. The van der Waals surface area contributed by atoms with Crippen LogP contribution in [-0.2, 0) is 4.79 Å². The van der Waals surface area contributed by atoms with E-state index in [-0.39, 0.29) is 5.31 Å². The second kappa shape index (κ2) is 2.70. The van der Waals surface area contributed by atoms with Crippen LogP contribution in [0.15, 0.2) is 12.2 Å². The quantitative estimate of drug-likeness (QED) is 0.294. The molecular formula is C6H9BO. The summed E-state index contributed by atoms with van der Waals surface area (Å²) in [6, 6.07) is 0. The molecule has 0 aromatic carbocycles. The highest BCUT2D eigenvalue weighted by Crippen LogP contribution is 2.18. The van der Waals surface area contributed by atoms with E-state index in [4.69, 9.17) is 7.85 Å². The first-order valence-corrected chi connectivity index (χ1v) is 2.48. The summed E-state index contributed by atoms with van der Waals surface area (Å²) in [6.45, 7) is 3.65. The Bertz CT molecular complexity index is 99.6. The lowest BCUT2D eigenvalue weighted by atomic mass is 9.72. The van der Waals surface area contributed by atoms with Crippen molar-refractivity contribution >= 4 is 14.1 Å². The lowest BCUT2D eigenvalue weighted by molar-refractivity contribution is -0.104. The predicted octanol–water partition coefficient (Wildman–Crippen LogP) is 1.11. The third-order valence-corrected chi connectivity index (χ3v) is 0.604. The Morgan fingerprint density at radius 1 is 1.50 bits per heavy atom. The number of aldehydes is 1. The van der Waals surface area contributed by atoms with Crippen LogP contribution >= 0.6 is 0 Å². The molecule has 0 rings (SSSR count). The van der Waals surface area contributed by atoms with Gasteiger partial charge in [-0.1, -0.05) is 25.2 Å². The van der Waals surface area contributed by atoms with E-state index in [9.17, 15) is 4.79 Å². The van der Waals surface area contributed by atoms with Gasteiger partial charge in [0.2, 0.25) is 0 Å². The van der Waals surface area contributed by atoms with Gasteiger partial charge in [-0.3, -0.25) is 4.79 Å². The highest BCUT2D eigenvalue weighted by Gasteiger charge is 2.01. The van der Waals surface area contributed by atoms with Gasteiger partial charge >= 0.3 is 0 Å². The summed E-state index contributed by atoms with van der Waals surface area (Å²) in [5, 5.41) is -0.360. The van der Waals surface area contributed by atoms with Crippen LogP contribution in [-0.4, -0.2) is 14.1 Å². The largest absolute Gasteiger partial charge is 0.299 e. The van der Waals surface area contributed by atoms with Crippen molar-refractivity contribution in [1.29, 1.82) is 0 Å². The fraction of sp³-hybridized carbons (Fsp3) is 0.500. The van der Waals surface area contributed by atoms with Crippen molar-refractivity contribution in [2.75, 3.05) is 0 Å². The molecule has 2 heteroatoms. The highest BCUT2D eigenvalue weighted by molar-refractivity contribution is 6.16. The van der Waals surface area contributed by atoms with E-state index in [0.29, 0.717) is 6.29 Å². The normalized spacial score (nSPS) is 12.2. The first-order valence-electron chi connectivity index (χ1n) is 2.48. The van der Waals surface area contributed by atoms with E-state index >= 15 is 0 Å². The molecule has 0 spiro atoms. The Kier molecular flexibility index (Phi) is 2.52. The molecule has 0 aliphatic rings. The Labute approximate surface area is 51.2 Å². The Morgan fingerprint density at radius 2 is 2.00 bits per heavy atom. The standard InChI is InChI=1S/C6H9BO/c1-6(2,7)4-3-5-8/h3-5H,1-2H3/b4-3+. The van der Waals surface area contributed by atoms with Crippen molar-refractivity contribution in [3.63, 3.8) is 0 Å². The van der Waals surface area contributed by atoms with Crippen LogP contribution in [0.25, 0.3) is 0 Å². The second-order valence-electron chi connectivity index (χ2n) is 2.32. The van der Waals surface area contributed by atoms with Gasteiger partial charge in [-0.2, -0.15) is 0 Å². The molecule has 0 atom stereocenters. The third kappa shape index (κ3) is 5.47. The van der Waals surface area contributed by atoms with Crippen molar-refractivity contribution < 1.29 is 4.79 Å². The fourth-order valence-electron chi connectivity index (χ4n) is 0.287. The maximum absolute atomic E-state index is 9.71. The summed E-state index contributed by atoms with van der Waals surface area (Å²) in [7, 11) is 5.48. The van der Waals surface area contributed by atoms with Crippen molar-refractivity contribution in [3.8, 4) is 0 Å². The van der Waals surface area contributed by atoms with Crippen LogP contribution in [0, 0.1) is 0 Å². The Hall–Kier alpha value is -0.525. The summed E-state index contributed by atoms with van der Waals surface area (Å²) < 4.78 is 0. The molecule has 0 aromatic rings. The van der Waals surface area contributed by atoms with Gasteiger partial charge in [-0.25, -0.2) is 0 Å². The number of hydrogen-bond acceptors (Lipinski definition) is 1. The molecule has 8 heavy (non-hydrogen) atoms. The minimum Gasteiger partial charge on any atom is -0.299 e. The molecule has 0 bridgehead atoms. The smallest absolute Gasteiger partial charge is 0.142 e.